The highest BCUT2D eigenvalue weighted by Gasteiger charge is 2.23. The van der Waals surface area contributed by atoms with Gasteiger partial charge in [-0.1, -0.05) is 42.1 Å². The van der Waals surface area contributed by atoms with Crippen LogP contribution in [0.2, 0.25) is 10.0 Å². The van der Waals surface area contributed by atoms with Crippen LogP contribution in [0.25, 0.3) is 0 Å². The van der Waals surface area contributed by atoms with Gasteiger partial charge in [0, 0.05) is 18.3 Å². The highest BCUT2D eigenvalue weighted by molar-refractivity contribution is 7.89. The van der Waals surface area contributed by atoms with Crippen LogP contribution < -0.4 is 10.0 Å². The Labute approximate surface area is 183 Å². The van der Waals surface area contributed by atoms with Crippen molar-refractivity contribution in [3.8, 4) is 0 Å². The normalized spacial score (nSPS) is 16.3. The van der Waals surface area contributed by atoms with Crippen LogP contribution in [-0.2, 0) is 10.0 Å². The molecular formula is C21H27Cl2N3O2S. The quantitative estimate of drug-likeness (QED) is 0.592. The first-order valence-electron chi connectivity index (χ1n) is 9.73. The molecule has 158 valence electrons. The number of sulfonamides is 1. The zero-order chi connectivity index (χ0) is 21.0. The topological polar surface area (TPSA) is 61.4 Å². The summed E-state index contributed by atoms with van der Waals surface area (Å²) in [5.41, 5.74) is 1.71. The number of anilines is 1. The summed E-state index contributed by atoms with van der Waals surface area (Å²) in [4.78, 5) is 2.16. The van der Waals surface area contributed by atoms with Crippen LogP contribution >= 0.6 is 23.2 Å². The summed E-state index contributed by atoms with van der Waals surface area (Å²) in [6.07, 6.45) is 4.82. The molecule has 0 amide bonds. The number of halogens is 2. The Balaban J connectivity index is 1.77. The number of rotatable bonds is 8. The van der Waals surface area contributed by atoms with Crippen molar-refractivity contribution in [3.63, 3.8) is 0 Å². The SMILES string of the molecule is CN(C)C[C@@H](NS(=O)(=O)c1ccc(NC2CCCC2)cc1)c1ccc(Cl)c(Cl)c1. The van der Waals surface area contributed by atoms with E-state index in [2.05, 4.69) is 10.0 Å². The van der Waals surface area contributed by atoms with E-state index in [4.69, 9.17) is 23.2 Å². The van der Waals surface area contributed by atoms with Gasteiger partial charge in [0.15, 0.2) is 0 Å². The standard InChI is InChI=1S/C21H27Cl2N3O2S/c1-26(2)14-21(15-7-12-19(22)20(23)13-15)25-29(27,28)18-10-8-17(9-11-18)24-16-5-3-4-6-16/h7-13,16,21,24-25H,3-6,14H2,1-2H3/t21-/m1/s1. The molecule has 29 heavy (non-hydrogen) atoms. The first-order chi connectivity index (χ1) is 13.7. The van der Waals surface area contributed by atoms with Crippen LogP contribution in [0, 0.1) is 0 Å². The molecule has 3 rings (SSSR count). The lowest BCUT2D eigenvalue weighted by Gasteiger charge is -2.23. The van der Waals surface area contributed by atoms with Crippen LogP contribution in [0.5, 0.6) is 0 Å². The second-order valence-electron chi connectivity index (χ2n) is 7.76. The minimum atomic E-state index is -3.70. The van der Waals surface area contributed by atoms with Crippen molar-refractivity contribution in [2.24, 2.45) is 0 Å². The molecule has 5 nitrogen and oxygen atoms in total. The van der Waals surface area contributed by atoms with Crippen LogP contribution in [0.1, 0.15) is 37.3 Å². The van der Waals surface area contributed by atoms with Crippen molar-refractivity contribution in [1.29, 1.82) is 0 Å². The molecule has 2 aromatic carbocycles. The van der Waals surface area contributed by atoms with Crippen LogP contribution in [-0.4, -0.2) is 40.0 Å². The van der Waals surface area contributed by atoms with E-state index in [1.807, 2.05) is 31.1 Å². The minimum absolute atomic E-state index is 0.235. The zero-order valence-corrected chi connectivity index (χ0v) is 19.0. The molecule has 0 unspecified atom stereocenters. The molecule has 0 heterocycles. The monoisotopic (exact) mass is 455 g/mol. The highest BCUT2D eigenvalue weighted by Crippen LogP contribution is 2.27. The smallest absolute Gasteiger partial charge is 0.241 e. The molecule has 0 spiro atoms. The molecule has 2 N–H and O–H groups in total. The fourth-order valence-corrected chi connectivity index (χ4v) is 5.12. The fourth-order valence-electron chi connectivity index (χ4n) is 3.60. The van der Waals surface area contributed by atoms with E-state index in [9.17, 15) is 8.42 Å². The maximum atomic E-state index is 13.0. The number of nitrogens with one attached hydrogen (secondary N) is 2. The van der Waals surface area contributed by atoms with Crippen molar-refractivity contribution < 1.29 is 8.42 Å². The Bertz CT molecular complexity index is 927. The lowest BCUT2D eigenvalue weighted by Crippen LogP contribution is -2.35. The maximum Gasteiger partial charge on any atom is 0.241 e. The second-order valence-corrected chi connectivity index (χ2v) is 10.3. The van der Waals surface area contributed by atoms with Gasteiger partial charge in [-0.15, -0.1) is 0 Å². The van der Waals surface area contributed by atoms with E-state index < -0.39 is 16.1 Å². The summed E-state index contributed by atoms with van der Waals surface area (Å²) in [5.74, 6) is 0. The van der Waals surface area contributed by atoms with Crippen molar-refractivity contribution in [2.45, 2.75) is 42.7 Å². The summed E-state index contributed by atoms with van der Waals surface area (Å²) < 4.78 is 28.8. The number of likely N-dealkylation sites (N-methyl/N-ethyl adjacent to an activating group) is 1. The molecule has 2 aromatic rings. The molecule has 0 aromatic heterocycles. The summed E-state index contributed by atoms with van der Waals surface area (Å²) in [6, 6.07) is 12.1. The Morgan fingerprint density at radius 1 is 1.03 bits per heavy atom. The fraction of sp³-hybridized carbons (Fsp3) is 0.429. The van der Waals surface area contributed by atoms with E-state index >= 15 is 0 Å². The third-order valence-electron chi connectivity index (χ3n) is 5.08. The Hall–Kier alpha value is -1.31. The highest BCUT2D eigenvalue weighted by atomic mass is 35.5. The van der Waals surface area contributed by atoms with Gasteiger partial charge in [-0.25, -0.2) is 13.1 Å². The number of nitrogens with zero attached hydrogens (tertiary/aromatic N) is 1. The van der Waals surface area contributed by atoms with Gasteiger partial charge in [0.2, 0.25) is 10.0 Å². The molecule has 1 saturated carbocycles. The largest absolute Gasteiger partial charge is 0.382 e. The van der Waals surface area contributed by atoms with Gasteiger partial charge >= 0.3 is 0 Å². The third kappa shape index (κ3) is 6.09. The third-order valence-corrected chi connectivity index (χ3v) is 7.31. The molecule has 1 fully saturated rings. The first kappa shape index (κ1) is 22.4. The van der Waals surface area contributed by atoms with E-state index in [0.29, 0.717) is 22.6 Å². The van der Waals surface area contributed by atoms with Gasteiger partial charge in [0.1, 0.15) is 0 Å². The lowest BCUT2D eigenvalue weighted by atomic mass is 10.1. The molecule has 8 heteroatoms. The Morgan fingerprint density at radius 3 is 2.28 bits per heavy atom. The molecule has 1 atom stereocenters. The Morgan fingerprint density at radius 2 is 1.69 bits per heavy atom. The van der Waals surface area contributed by atoms with E-state index in [0.717, 1.165) is 24.1 Å². The van der Waals surface area contributed by atoms with Crippen molar-refractivity contribution in [2.75, 3.05) is 26.0 Å². The minimum Gasteiger partial charge on any atom is -0.382 e. The zero-order valence-electron chi connectivity index (χ0n) is 16.7. The number of hydrogen-bond acceptors (Lipinski definition) is 4. The van der Waals surface area contributed by atoms with Crippen LogP contribution in [0.15, 0.2) is 47.4 Å². The van der Waals surface area contributed by atoms with Gasteiger partial charge in [0.05, 0.1) is 21.0 Å². The summed E-state index contributed by atoms with van der Waals surface area (Å²) >= 11 is 12.1. The van der Waals surface area contributed by atoms with Gasteiger partial charge in [0.25, 0.3) is 0 Å². The maximum absolute atomic E-state index is 13.0. The molecular weight excluding hydrogens is 429 g/mol. The van der Waals surface area contributed by atoms with E-state index in [1.165, 1.54) is 12.8 Å². The average Bonchev–Trinajstić information content (AvgIpc) is 3.16. The molecule has 0 saturated heterocycles. The molecule has 1 aliphatic rings. The summed E-state index contributed by atoms with van der Waals surface area (Å²) in [7, 11) is 0.0816. The Kier molecular flexibility index (Phi) is 7.46. The predicted octanol–water partition coefficient (Wildman–Crippen LogP) is 4.93. The van der Waals surface area contributed by atoms with Crippen molar-refractivity contribution in [1.82, 2.24) is 9.62 Å². The van der Waals surface area contributed by atoms with E-state index in [1.54, 1.807) is 30.3 Å². The van der Waals surface area contributed by atoms with Gasteiger partial charge in [-0.3, -0.25) is 0 Å². The summed E-state index contributed by atoms with van der Waals surface area (Å²) in [5, 5.41) is 4.31. The van der Waals surface area contributed by atoms with Crippen molar-refractivity contribution in [3.05, 3.63) is 58.1 Å². The van der Waals surface area contributed by atoms with E-state index in [-0.39, 0.29) is 4.90 Å². The molecule has 0 radical (unpaired) electrons. The van der Waals surface area contributed by atoms with Crippen molar-refractivity contribution >= 4 is 38.9 Å². The molecule has 0 aliphatic heterocycles. The number of hydrogen-bond donors (Lipinski definition) is 2. The van der Waals surface area contributed by atoms with Gasteiger partial charge in [-0.2, -0.15) is 0 Å². The molecule has 0 bridgehead atoms. The van der Waals surface area contributed by atoms with Crippen LogP contribution in [0.3, 0.4) is 0 Å². The number of benzene rings is 2. The van der Waals surface area contributed by atoms with Gasteiger partial charge < -0.3 is 10.2 Å². The molecule has 1 aliphatic carbocycles. The second kappa shape index (κ2) is 9.67. The van der Waals surface area contributed by atoms with Crippen LogP contribution in [0.4, 0.5) is 5.69 Å². The predicted molar refractivity (Wildman–Crippen MR) is 120 cm³/mol. The lowest BCUT2D eigenvalue weighted by molar-refractivity contribution is 0.363. The summed E-state index contributed by atoms with van der Waals surface area (Å²) in [6.45, 7) is 0.485. The average molecular weight is 456 g/mol. The van der Waals surface area contributed by atoms with Gasteiger partial charge in [-0.05, 0) is 68.9 Å². The first-order valence-corrected chi connectivity index (χ1v) is 12.0.